The first-order valence-electron chi connectivity index (χ1n) is 9.84. The van der Waals surface area contributed by atoms with Crippen LogP contribution in [-0.4, -0.2) is 74.0 Å². The highest BCUT2D eigenvalue weighted by Gasteiger charge is 2.37. The van der Waals surface area contributed by atoms with Gasteiger partial charge in [0.05, 0.1) is 24.1 Å². The van der Waals surface area contributed by atoms with Gasteiger partial charge in [0.25, 0.3) is 5.91 Å². The molecule has 0 radical (unpaired) electrons. The molecule has 1 aromatic carbocycles. The Kier molecular flexibility index (Phi) is 5.46. The minimum absolute atomic E-state index is 0.0249. The molecule has 3 aliphatic rings. The van der Waals surface area contributed by atoms with Crippen molar-refractivity contribution < 1.29 is 22.8 Å². The predicted octanol–water partition coefficient (Wildman–Crippen LogP) is -0.273. The van der Waals surface area contributed by atoms with Gasteiger partial charge in [-0.2, -0.15) is 5.10 Å². The Labute approximate surface area is 174 Å². The first kappa shape index (κ1) is 20.3. The summed E-state index contributed by atoms with van der Waals surface area (Å²) in [6.45, 7) is 1.60. The minimum atomic E-state index is -3.16. The molecule has 2 saturated heterocycles. The standard InChI is InChI=1S/C19H23N5O5S/c25-17-11-23(9-8-20-17)14-3-1-13(2-4-14)21-19(27)16-5-6-18(26)24(22-16)15-7-10-30(28,29)12-15/h1-4,15H,5-12H2,(H,20,25)(H,21,27). The molecule has 1 atom stereocenters. The summed E-state index contributed by atoms with van der Waals surface area (Å²) in [6.07, 6.45) is 0.669. The molecule has 0 saturated carbocycles. The fourth-order valence-electron chi connectivity index (χ4n) is 3.81. The van der Waals surface area contributed by atoms with Crippen LogP contribution in [0.4, 0.5) is 11.4 Å². The van der Waals surface area contributed by atoms with Gasteiger partial charge in [-0.05, 0) is 30.7 Å². The van der Waals surface area contributed by atoms with Crippen LogP contribution < -0.4 is 15.5 Å². The van der Waals surface area contributed by atoms with Crippen LogP contribution in [0.15, 0.2) is 29.4 Å². The molecule has 0 bridgehead atoms. The van der Waals surface area contributed by atoms with Crippen molar-refractivity contribution in [2.45, 2.75) is 25.3 Å². The van der Waals surface area contributed by atoms with Crippen LogP contribution in [0, 0.1) is 0 Å². The molecule has 3 amide bonds. The first-order valence-corrected chi connectivity index (χ1v) is 11.7. The third-order valence-electron chi connectivity index (χ3n) is 5.40. The molecule has 2 fully saturated rings. The molecule has 0 aromatic heterocycles. The largest absolute Gasteiger partial charge is 0.360 e. The van der Waals surface area contributed by atoms with E-state index in [4.69, 9.17) is 0 Å². The van der Waals surface area contributed by atoms with Crippen molar-refractivity contribution in [3.63, 3.8) is 0 Å². The van der Waals surface area contributed by atoms with Gasteiger partial charge in [0.15, 0.2) is 9.84 Å². The van der Waals surface area contributed by atoms with E-state index in [9.17, 15) is 22.8 Å². The van der Waals surface area contributed by atoms with E-state index in [1.54, 1.807) is 12.1 Å². The zero-order valence-electron chi connectivity index (χ0n) is 16.3. The normalized spacial score (nSPS) is 23.7. The number of hydrogen-bond donors (Lipinski definition) is 2. The number of hydrazone groups is 1. The highest BCUT2D eigenvalue weighted by Crippen LogP contribution is 2.23. The van der Waals surface area contributed by atoms with E-state index in [-0.39, 0.29) is 41.9 Å². The number of amides is 3. The minimum Gasteiger partial charge on any atom is -0.360 e. The van der Waals surface area contributed by atoms with Crippen LogP contribution in [0.5, 0.6) is 0 Å². The van der Waals surface area contributed by atoms with Crippen molar-refractivity contribution >= 4 is 44.6 Å². The van der Waals surface area contributed by atoms with Crippen LogP contribution in [0.3, 0.4) is 0 Å². The molecule has 160 valence electrons. The van der Waals surface area contributed by atoms with Gasteiger partial charge >= 0.3 is 0 Å². The average molecular weight is 433 g/mol. The van der Waals surface area contributed by atoms with Crippen LogP contribution in [0.25, 0.3) is 0 Å². The van der Waals surface area contributed by atoms with E-state index in [0.29, 0.717) is 25.2 Å². The van der Waals surface area contributed by atoms with Crippen LogP contribution in [0.1, 0.15) is 19.3 Å². The second kappa shape index (κ2) is 8.05. The Bertz CT molecular complexity index is 1000. The lowest BCUT2D eigenvalue weighted by Gasteiger charge is -2.28. The van der Waals surface area contributed by atoms with Gasteiger partial charge in [0.1, 0.15) is 5.71 Å². The molecule has 0 spiro atoms. The molecule has 1 aromatic rings. The Morgan fingerprint density at radius 1 is 1.17 bits per heavy atom. The lowest BCUT2D eigenvalue weighted by molar-refractivity contribution is -0.133. The number of rotatable bonds is 4. The molecule has 4 rings (SSSR count). The Balaban J connectivity index is 1.42. The number of piperazine rings is 1. The second-order valence-electron chi connectivity index (χ2n) is 7.61. The molecular weight excluding hydrogens is 410 g/mol. The molecule has 0 aliphatic carbocycles. The summed E-state index contributed by atoms with van der Waals surface area (Å²) >= 11 is 0. The third kappa shape index (κ3) is 4.45. The number of benzene rings is 1. The highest BCUT2D eigenvalue weighted by molar-refractivity contribution is 7.91. The summed E-state index contributed by atoms with van der Waals surface area (Å²) in [4.78, 5) is 38.3. The highest BCUT2D eigenvalue weighted by atomic mass is 32.2. The molecule has 2 N–H and O–H groups in total. The van der Waals surface area contributed by atoms with Gasteiger partial charge in [0, 0.05) is 37.3 Å². The summed E-state index contributed by atoms with van der Waals surface area (Å²) in [6, 6.07) is 6.64. The van der Waals surface area contributed by atoms with E-state index < -0.39 is 21.8 Å². The fraction of sp³-hybridized carbons (Fsp3) is 0.474. The monoisotopic (exact) mass is 433 g/mol. The zero-order valence-corrected chi connectivity index (χ0v) is 17.2. The number of carbonyl (C=O) groups is 3. The molecule has 10 nitrogen and oxygen atoms in total. The van der Waals surface area contributed by atoms with Crippen molar-refractivity contribution in [2.75, 3.05) is 41.4 Å². The summed E-state index contributed by atoms with van der Waals surface area (Å²) < 4.78 is 23.4. The quantitative estimate of drug-likeness (QED) is 0.673. The number of hydrogen-bond acceptors (Lipinski definition) is 7. The summed E-state index contributed by atoms with van der Waals surface area (Å²) in [7, 11) is -3.16. The molecular formula is C19H23N5O5S. The van der Waals surface area contributed by atoms with Crippen molar-refractivity contribution in [1.82, 2.24) is 10.3 Å². The van der Waals surface area contributed by atoms with Gasteiger partial charge in [0.2, 0.25) is 11.8 Å². The molecule has 3 aliphatic heterocycles. The maximum atomic E-state index is 12.6. The van der Waals surface area contributed by atoms with Crippen LogP contribution >= 0.6 is 0 Å². The smallest absolute Gasteiger partial charge is 0.271 e. The van der Waals surface area contributed by atoms with E-state index >= 15 is 0 Å². The number of sulfone groups is 1. The maximum Gasteiger partial charge on any atom is 0.271 e. The zero-order chi connectivity index (χ0) is 21.3. The van der Waals surface area contributed by atoms with Crippen LogP contribution in [0.2, 0.25) is 0 Å². The Hall–Kier alpha value is -2.95. The third-order valence-corrected chi connectivity index (χ3v) is 7.16. The van der Waals surface area contributed by atoms with Crippen LogP contribution in [-0.2, 0) is 24.2 Å². The molecule has 30 heavy (non-hydrogen) atoms. The molecule has 11 heteroatoms. The summed E-state index contributed by atoms with van der Waals surface area (Å²) in [5, 5.41) is 10.9. The van der Waals surface area contributed by atoms with Gasteiger partial charge in [-0.25, -0.2) is 13.4 Å². The number of carbonyl (C=O) groups excluding carboxylic acids is 3. The predicted molar refractivity (Wildman–Crippen MR) is 111 cm³/mol. The van der Waals surface area contributed by atoms with Gasteiger partial charge in [-0.1, -0.05) is 0 Å². The van der Waals surface area contributed by atoms with Crippen molar-refractivity contribution in [1.29, 1.82) is 0 Å². The summed E-state index contributed by atoms with van der Waals surface area (Å²) in [5.74, 6) is -0.790. The Morgan fingerprint density at radius 2 is 1.93 bits per heavy atom. The first-order chi connectivity index (χ1) is 14.3. The number of nitrogens with one attached hydrogen (secondary N) is 2. The molecule has 3 heterocycles. The maximum absolute atomic E-state index is 12.6. The SMILES string of the molecule is O=C1CN(c2ccc(NC(=O)C3=NN(C4CCS(=O)(=O)C4)C(=O)CC3)cc2)CCN1. The van der Waals surface area contributed by atoms with E-state index in [0.717, 1.165) is 12.2 Å². The van der Waals surface area contributed by atoms with Crippen molar-refractivity contribution in [3.05, 3.63) is 24.3 Å². The molecule has 1 unspecified atom stereocenters. The van der Waals surface area contributed by atoms with Crippen molar-refractivity contribution in [3.8, 4) is 0 Å². The van der Waals surface area contributed by atoms with E-state index in [2.05, 4.69) is 15.7 Å². The van der Waals surface area contributed by atoms with Gasteiger partial charge in [-0.3, -0.25) is 14.4 Å². The van der Waals surface area contributed by atoms with E-state index in [1.165, 1.54) is 5.01 Å². The van der Waals surface area contributed by atoms with Gasteiger partial charge < -0.3 is 15.5 Å². The van der Waals surface area contributed by atoms with Crippen molar-refractivity contribution in [2.24, 2.45) is 5.10 Å². The average Bonchev–Trinajstić information content (AvgIpc) is 3.08. The number of nitrogens with zero attached hydrogens (tertiary/aromatic N) is 3. The van der Waals surface area contributed by atoms with Gasteiger partial charge in [-0.15, -0.1) is 0 Å². The lowest BCUT2D eigenvalue weighted by atomic mass is 10.1. The number of anilines is 2. The summed E-state index contributed by atoms with van der Waals surface area (Å²) in [5.41, 5.74) is 1.66. The topological polar surface area (TPSA) is 128 Å². The van der Waals surface area contributed by atoms with E-state index in [1.807, 2.05) is 17.0 Å². The lowest BCUT2D eigenvalue weighted by Crippen LogP contribution is -2.47. The fourth-order valence-corrected chi connectivity index (χ4v) is 5.50. The second-order valence-corrected chi connectivity index (χ2v) is 9.84. The Morgan fingerprint density at radius 3 is 2.60 bits per heavy atom.